The normalized spacial score (nSPS) is 12.3. The minimum absolute atomic E-state index is 0. The molecule has 20 heavy (non-hydrogen) atoms. The van der Waals surface area contributed by atoms with E-state index < -0.39 is 8.07 Å². The third-order valence-corrected chi connectivity index (χ3v) is 17.4. The molecule has 0 fully saturated rings. The zero-order valence-corrected chi connectivity index (χ0v) is 18.3. The smallest absolute Gasteiger partial charge is 0.262 e. The molecule has 0 aliphatic rings. The van der Waals surface area contributed by atoms with Crippen molar-refractivity contribution in [1.82, 2.24) is 0 Å². The van der Waals surface area contributed by atoms with Gasteiger partial charge < -0.3 is 0 Å². The van der Waals surface area contributed by atoms with Crippen LogP contribution in [-0.4, -0.2) is 32.7 Å². The average molecular weight is 326 g/mol. The largest absolute Gasteiger partial charge is 1.00 e. The van der Waals surface area contributed by atoms with Gasteiger partial charge in [0.15, 0.2) is 0 Å². The Morgan fingerprint density at radius 3 is 1.05 bits per heavy atom. The van der Waals surface area contributed by atoms with Crippen LogP contribution in [0.5, 0.6) is 0 Å². The van der Waals surface area contributed by atoms with E-state index in [2.05, 4.69) is 52.4 Å². The summed E-state index contributed by atoms with van der Waals surface area (Å²) < 4.78 is 0. The van der Waals surface area contributed by atoms with Crippen LogP contribution in [0.3, 0.4) is 0 Å². The first-order valence-corrected chi connectivity index (χ1v) is 15.2. The Balaban J connectivity index is 0. The summed E-state index contributed by atoms with van der Waals surface area (Å²) in [7, 11) is -0.623. The molecule has 0 aliphatic heterocycles. The summed E-state index contributed by atoms with van der Waals surface area (Å²) in [5.74, 6) is 0. The molecule has 0 N–H and O–H groups in total. The number of rotatable bonds is 11. The first-order chi connectivity index (χ1) is 8.92. The quantitative estimate of drug-likeness (QED) is 0.306. The maximum absolute atomic E-state index is 2.61. The summed E-state index contributed by atoms with van der Waals surface area (Å²) in [6, 6.07) is 0. The standard InChI is InChI=1S/C16H37P2Si.Li/c1-8-12-17(13-9-2)16(19(5,6)7)18(14-10-3)15-11-4;/h8-15H2,1-7H3;/q-1;+1. The molecule has 0 radical (unpaired) electrons. The second-order valence-corrected chi connectivity index (χ2v) is 17.6. The first kappa shape index (κ1) is 23.9. The molecule has 0 bridgehead atoms. The third kappa shape index (κ3) is 8.96. The fraction of sp³-hybridized carbons (Fsp3) is 0.938. The molecule has 0 saturated carbocycles. The molecule has 0 aromatic rings. The molecule has 0 saturated heterocycles. The van der Waals surface area contributed by atoms with Crippen LogP contribution in [0.1, 0.15) is 53.4 Å². The van der Waals surface area contributed by atoms with Gasteiger partial charge in [-0.15, -0.1) is 0 Å². The molecule has 0 rings (SSSR count). The van der Waals surface area contributed by atoms with Gasteiger partial charge >= 0.3 is 18.9 Å². The second kappa shape index (κ2) is 13.1. The van der Waals surface area contributed by atoms with Crippen molar-refractivity contribution in [1.29, 1.82) is 0 Å². The number of hydrogen-bond donors (Lipinski definition) is 0. The molecular weight excluding hydrogens is 289 g/mol. The second-order valence-electron chi connectivity index (χ2n) is 6.55. The van der Waals surface area contributed by atoms with E-state index in [-0.39, 0.29) is 34.7 Å². The zero-order valence-electron chi connectivity index (χ0n) is 15.6. The fourth-order valence-electron chi connectivity index (χ4n) is 2.88. The maximum atomic E-state index is 2.61. The topological polar surface area (TPSA) is 0 Å². The maximum Gasteiger partial charge on any atom is 1.00 e. The van der Waals surface area contributed by atoms with Crippen LogP contribution in [-0.2, 0) is 0 Å². The van der Waals surface area contributed by atoms with Gasteiger partial charge in [-0.3, -0.25) is 20.9 Å². The molecule has 0 aromatic heterocycles. The van der Waals surface area contributed by atoms with Gasteiger partial charge in [0.25, 0.3) is 0 Å². The SMILES string of the molecule is CCCP(CCC)[C-](P(CCC)CCC)[Si](C)(C)C.[Li+]. The van der Waals surface area contributed by atoms with Crippen LogP contribution >= 0.6 is 15.8 Å². The molecule has 0 amide bonds. The van der Waals surface area contributed by atoms with Crippen molar-refractivity contribution < 1.29 is 18.9 Å². The molecule has 116 valence electrons. The van der Waals surface area contributed by atoms with Gasteiger partial charge in [0.05, 0.1) is 0 Å². The summed E-state index contributed by atoms with van der Waals surface area (Å²) in [6.07, 6.45) is 11.6. The Morgan fingerprint density at radius 1 is 0.650 bits per heavy atom. The van der Waals surface area contributed by atoms with Gasteiger partial charge in [-0.2, -0.15) is 0 Å². The fourth-order valence-corrected chi connectivity index (χ4v) is 18.1. The Kier molecular flexibility index (Phi) is 15.7. The van der Waals surface area contributed by atoms with Gasteiger partial charge in [-0.05, 0) is 0 Å². The van der Waals surface area contributed by atoms with Gasteiger partial charge in [-0.1, -0.05) is 106 Å². The Hall–Kier alpha value is 1.67. The number of hydrogen-bond acceptors (Lipinski definition) is 0. The monoisotopic (exact) mass is 326 g/mol. The van der Waals surface area contributed by atoms with Crippen molar-refractivity contribution >= 4 is 23.9 Å². The Bertz CT molecular complexity index is 191. The Morgan fingerprint density at radius 2 is 0.900 bits per heavy atom. The molecule has 0 aromatic carbocycles. The minimum Gasteiger partial charge on any atom is -0.262 e. The van der Waals surface area contributed by atoms with Crippen molar-refractivity contribution in [3.8, 4) is 0 Å². The predicted molar refractivity (Wildman–Crippen MR) is 101 cm³/mol. The van der Waals surface area contributed by atoms with Crippen LogP contribution in [0.2, 0.25) is 19.6 Å². The van der Waals surface area contributed by atoms with E-state index in [9.17, 15) is 0 Å². The van der Waals surface area contributed by atoms with E-state index in [1.165, 1.54) is 50.3 Å². The molecule has 0 spiro atoms. The van der Waals surface area contributed by atoms with Crippen molar-refractivity contribution in [2.24, 2.45) is 0 Å². The molecule has 0 nitrogen and oxygen atoms in total. The van der Waals surface area contributed by atoms with E-state index in [0.717, 1.165) is 0 Å². The summed E-state index contributed by atoms with van der Waals surface area (Å²) in [6.45, 7) is 17.4. The van der Waals surface area contributed by atoms with Gasteiger partial charge in [0.1, 0.15) is 0 Å². The van der Waals surface area contributed by atoms with Gasteiger partial charge in [0, 0.05) is 0 Å². The van der Waals surface area contributed by atoms with E-state index in [1.54, 1.807) is 0 Å². The van der Waals surface area contributed by atoms with Crippen molar-refractivity contribution in [2.75, 3.05) is 24.6 Å². The predicted octanol–water partition coefficient (Wildman–Crippen LogP) is 3.96. The van der Waals surface area contributed by atoms with E-state index in [4.69, 9.17) is 0 Å². The van der Waals surface area contributed by atoms with Crippen molar-refractivity contribution in [3.63, 3.8) is 0 Å². The zero-order chi connectivity index (χ0) is 14.9. The molecule has 0 aliphatic carbocycles. The van der Waals surface area contributed by atoms with Crippen LogP contribution in [0, 0.1) is 5.02 Å². The Labute approximate surface area is 145 Å². The van der Waals surface area contributed by atoms with Crippen molar-refractivity contribution in [3.05, 3.63) is 5.02 Å². The van der Waals surface area contributed by atoms with Crippen LogP contribution in [0.25, 0.3) is 0 Å². The summed E-state index contributed by atoms with van der Waals surface area (Å²) in [5.41, 5.74) is 0. The summed E-state index contributed by atoms with van der Waals surface area (Å²) in [5, 5.41) is 2.16. The van der Waals surface area contributed by atoms with Gasteiger partial charge in [-0.25, -0.2) is 0 Å². The van der Waals surface area contributed by atoms with Crippen LogP contribution in [0.15, 0.2) is 0 Å². The average Bonchev–Trinajstić information content (AvgIpc) is 2.28. The van der Waals surface area contributed by atoms with Gasteiger partial charge in [0.2, 0.25) is 0 Å². The summed E-state index contributed by atoms with van der Waals surface area (Å²) in [4.78, 5) is 0. The first-order valence-electron chi connectivity index (χ1n) is 8.29. The molecule has 4 heteroatoms. The molecule has 0 atom stereocenters. The van der Waals surface area contributed by atoms with E-state index >= 15 is 0 Å². The minimum atomic E-state index is -1.09. The molecule has 0 heterocycles. The van der Waals surface area contributed by atoms with Crippen molar-refractivity contribution in [2.45, 2.75) is 73.0 Å². The van der Waals surface area contributed by atoms with Crippen LogP contribution in [0.4, 0.5) is 0 Å². The summed E-state index contributed by atoms with van der Waals surface area (Å²) >= 11 is 0. The molecule has 0 unspecified atom stereocenters. The molecular formula is C16H37LiP2Si. The third-order valence-electron chi connectivity index (χ3n) is 3.24. The van der Waals surface area contributed by atoms with E-state index in [0.29, 0.717) is 0 Å². The van der Waals surface area contributed by atoms with Crippen LogP contribution < -0.4 is 18.9 Å². The van der Waals surface area contributed by atoms with E-state index in [1.807, 2.05) is 0 Å².